The van der Waals surface area contributed by atoms with Crippen LogP contribution in [-0.2, 0) is 0 Å². The van der Waals surface area contributed by atoms with Crippen molar-refractivity contribution in [3.63, 3.8) is 0 Å². The average Bonchev–Trinajstić information content (AvgIpc) is 2.65. The summed E-state index contributed by atoms with van der Waals surface area (Å²) in [5.41, 5.74) is 1.14. The van der Waals surface area contributed by atoms with Crippen LogP contribution in [0.3, 0.4) is 0 Å². The molecule has 1 N–H and O–H groups in total. The molecule has 0 aromatic heterocycles. The van der Waals surface area contributed by atoms with Crippen LogP contribution in [0.25, 0.3) is 0 Å². The van der Waals surface area contributed by atoms with Gasteiger partial charge in [-0.05, 0) is 30.2 Å². The van der Waals surface area contributed by atoms with Crippen molar-refractivity contribution in [1.82, 2.24) is 5.32 Å². The van der Waals surface area contributed by atoms with E-state index in [-0.39, 0.29) is 5.82 Å². The van der Waals surface area contributed by atoms with Crippen molar-refractivity contribution in [2.24, 2.45) is 5.92 Å². The lowest BCUT2D eigenvalue weighted by atomic mass is 9.87. The summed E-state index contributed by atoms with van der Waals surface area (Å²) in [5, 5.41) is 3.37. The van der Waals surface area contributed by atoms with Gasteiger partial charge in [0.2, 0.25) is 0 Å². The predicted octanol–water partition coefficient (Wildman–Crippen LogP) is 2.54. The van der Waals surface area contributed by atoms with Gasteiger partial charge in [-0.1, -0.05) is 25.5 Å². The second kappa shape index (κ2) is 4.09. The fourth-order valence-corrected chi connectivity index (χ4v) is 2.29. The molecule has 1 aromatic carbocycles. The Bertz CT molecular complexity index is 311. The van der Waals surface area contributed by atoms with Gasteiger partial charge in [-0.3, -0.25) is 0 Å². The maximum Gasteiger partial charge on any atom is 0.123 e. The third kappa shape index (κ3) is 1.80. The molecule has 0 unspecified atom stereocenters. The summed E-state index contributed by atoms with van der Waals surface area (Å²) in [6.07, 6.45) is 1.16. The minimum absolute atomic E-state index is 0.121. The monoisotopic (exact) mass is 193 g/mol. The molecule has 0 spiro atoms. The van der Waals surface area contributed by atoms with Crippen molar-refractivity contribution in [2.45, 2.75) is 19.3 Å². The number of hydrogen-bond acceptors (Lipinski definition) is 1. The summed E-state index contributed by atoms with van der Waals surface area (Å²) in [6.45, 7) is 4.25. The first kappa shape index (κ1) is 9.66. The molecule has 14 heavy (non-hydrogen) atoms. The Kier molecular flexibility index (Phi) is 2.82. The van der Waals surface area contributed by atoms with Crippen LogP contribution in [0.1, 0.15) is 24.8 Å². The van der Waals surface area contributed by atoms with E-state index in [2.05, 4.69) is 12.2 Å². The van der Waals surface area contributed by atoms with Crippen LogP contribution in [0, 0.1) is 11.7 Å². The maximum absolute atomic E-state index is 13.0. The van der Waals surface area contributed by atoms with Gasteiger partial charge in [0.05, 0.1) is 0 Å². The van der Waals surface area contributed by atoms with E-state index in [4.69, 9.17) is 0 Å². The zero-order valence-electron chi connectivity index (χ0n) is 8.46. The molecule has 0 amide bonds. The zero-order chi connectivity index (χ0) is 9.97. The van der Waals surface area contributed by atoms with Gasteiger partial charge in [0.25, 0.3) is 0 Å². The van der Waals surface area contributed by atoms with Gasteiger partial charge >= 0.3 is 0 Å². The number of benzene rings is 1. The molecular formula is C12H16FN. The molecule has 0 bridgehead atoms. The standard InChI is InChI=1S/C12H16FN/c1-2-9-7-14-8-12(9)10-4-3-5-11(13)6-10/h3-6,9,12,14H,2,7-8H2,1H3/t9-,12+/m0/s1. The van der Waals surface area contributed by atoms with Crippen LogP contribution in [-0.4, -0.2) is 13.1 Å². The number of halogens is 1. The Morgan fingerprint density at radius 2 is 2.29 bits per heavy atom. The van der Waals surface area contributed by atoms with Crippen molar-refractivity contribution < 1.29 is 4.39 Å². The molecular weight excluding hydrogens is 177 g/mol. The number of nitrogens with one attached hydrogen (secondary N) is 1. The second-order valence-electron chi connectivity index (χ2n) is 3.99. The van der Waals surface area contributed by atoms with Crippen LogP contribution in [0.15, 0.2) is 24.3 Å². The smallest absolute Gasteiger partial charge is 0.123 e. The first-order valence-corrected chi connectivity index (χ1v) is 5.27. The third-order valence-corrected chi connectivity index (χ3v) is 3.14. The molecule has 2 atom stereocenters. The number of rotatable bonds is 2. The van der Waals surface area contributed by atoms with Crippen LogP contribution < -0.4 is 5.32 Å². The van der Waals surface area contributed by atoms with E-state index in [1.807, 2.05) is 6.07 Å². The largest absolute Gasteiger partial charge is 0.316 e. The van der Waals surface area contributed by atoms with Gasteiger partial charge < -0.3 is 5.32 Å². The summed E-state index contributed by atoms with van der Waals surface area (Å²) < 4.78 is 13.0. The quantitative estimate of drug-likeness (QED) is 0.761. The lowest BCUT2D eigenvalue weighted by Crippen LogP contribution is -2.09. The Labute approximate surface area is 84.3 Å². The highest BCUT2D eigenvalue weighted by Gasteiger charge is 2.26. The normalized spacial score (nSPS) is 26.7. The molecule has 1 heterocycles. The molecule has 0 radical (unpaired) electrons. The SMILES string of the molecule is CC[C@H]1CNC[C@H]1c1cccc(F)c1. The van der Waals surface area contributed by atoms with E-state index in [0.717, 1.165) is 25.1 Å². The highest BCUT2D eigenvalue weighted by Crippen LogP contribution is 2.30. The topological polar surface area (TPSA) is 12.0 Å². The van der Waals surface area contributed by atoms with Gasteiger partial charge in [0, 0.05) is 12.5 Å². The molecule has 2 rings (SSSR count). The summed E-state index contributed by atoms with van der Waals surface area (Å²) >= 11 is 0. The van der Waals surface area contributed by atoms with Crippen LogP contribution in [0.2, 0.25) is 0 Å². The summed E-state index contributed by atoms with van der Waals surface area (Å²) in [7, 11) is 0. The molecule has 1 nitrogen and oxygen atoms in total. The van der Waals surface area contributed by atoms with Gasteiger partial charge in [-0.25, -0.2) is 4.39 Å². The lowest BCUT2D eigenvalue weighted by molar-refractivity contribution is 0.500. The minimum atomic E-state index is -0.121. The van der Waals surface area contributed by atoms with Crippen molar-refractivity contribution in [3.8, 4) is 0 Å². The van der Waals surface area contributed by atoms with Crippen molar-refractivity contribution in [2.75, 3.05) is 13.1 Å². The highest BCUT2D eigenvalue weighted by molar-refractivity contribution is 5.23. The minimum Gasteiger partial charge on any atom is -0.316 e. The van der Waals surface area contributed by atoms with Gasteiger partial charge in [0.1, 0.15) is 5.82 Å². The van der Waals surface area contributed by atoms with Crippen LogP contribution in [0.5, 0.6) is 0 Å². The third-order valence-electron chi connectivity index (χ3n) is 3.14. The molecule has 0 aliphatic carbocycles. The predicted molar refractivity (Wildman–Crippen MR) is 55.8 cm³/mol. The van der Waals surface area contributed by atoms with E-state index in [1.165, 1.54) is 6.07 Å². The van der Waals surface area contributed by atoms with Crippen molar-refractivity contribution in [1.29, 1.82) is 0 Å². The molecule has 1 fully saturated rings. The Hall–Kier alpha value is -0.890. The van der Waals surface area contributed by atoms with Crippen LogP contribution >= 0.6 is 0 Å². The van der Waals surface area contributed by atoms with Gasteiger partial charge in [-0.15, -0.1) is 0 Å². The highest BCUT2D eigenvalue weighted by atomic mass is 19.1. The van der Waals surface area contributed by atoms with E-state index in [1.54, 1.807) is 12.1 Å². The first-order valence-electron chi connectivity index (χ1n) is 5.27. The fourth-order valence-electron chi connectivity index (χ4n) is 2.29. The lowest BCUT2D eigenvalue weighted by Gasteiger charge is -2.16. The molecule has 1 aliphatic heterocycles. The maximum atomic E-state index is 13.0. The molecule has 76 valence electrons. The Morgan fingerprint density at radius 3 is 3.00 bits per heavy atom. The average molecular weight is 193 g/mol. The molecule has 1 aromatic rings. The number of hydrogen-bond donors (Lipinski definition) is 1. The Morgan fingerprint density at radius 1 is 1.43 bits per heavy atom. The first-order chi connectivity index (χ1) is 6.81. The van der Waals surface area contributed by atoms with E-state index >= 15 is 0 Å². The molecule has 1 saturated heterocycles. The van der Waals surface area contributed by atoms with E-state index < -0.39 is 0 Å². The van der Waals surface area contributed by atoms with Crippen molar-refractivity contribution >= 4 is 0 Å². The zero-order valence-corrected chi connectivity index (χ0v) is 8.46. The molecule has 2 heteroatoms. The fraction of sp³-hybridized carbons (Fsp3) is 0.500. The summed E-state index contributed by atoms with van der Waals surface area (Å²) in [5.74, 6) is 1.04. The second-order valence-corrected chi connectivity index (χ2v) is 3.99. The summed E-state index contributed by atoms with van der Waals surface area (Å²) in [6, 6.07) is 7.01. The molecule has 0 saturated carbocycles. The van der Waals surface area contributed by atoms with Crippen molar-refractivity contribution in [3.05, 3.63) is 35.6 Å². The molecule has 1 aliphatic rings. The summed E-state index contributed by atoms with van der Waals surface area (Å²) in [4.78, 5) is 0. The van der Waals surface area contributed by atoms with E-state index in [9.17, 15) is 4.39 Å². The van der Waals surface area contributed by atoms with Gasteiger partial charge in [0.15, 0.2) is 0 Å². The Balaban J connectivity index is 2.21. The van der Waals surface area contributed by atoms with E-state index in [0.29, 0.717) is 11.8 Å². The van der Waals surface area contributed by atoms with Crippen LogP contribution in [0.4, 0.5) is 4.39 Å². The van der Waals surface area contributed by atoms with Gasteiger partial charge in [-0.2, -0.15) is 0 Å².